The summed E-state index contributed by atoms with van der Waals surface area (Å²) in [5, 5.41) is 14.1. The molecule has 84 valence electrons. The zero-order valence-corrected chi connectivity index (χ0v) is 9.77. The summed E-state index contributed by atoms with van der Waals surface area (Å²) in [5.74, 6) is 0.504. The summed E-state index contributed by atoms with van der Waals surface area (Å²) >= 11 is 0. The van der Waals surface area contributed by atoms with Crippen molar-refractivity contribution in [2.24, 2.45) is 0 Å². The Morgan fingerprint density at radius 2 is 2.20 bits per heavy atom. The van der Waals surface area contributed by atoms with Crippen molar-refractivity contribution in [1.29, 1.82) is 0 Å². The molecule has 2 atom stereocenters. The van der Waals surface area contributed by atoms with Gasteiger partial charge in [0.05, 0.1) is 17.8 Å². The van der Waals surface area contributed by atoms with Crippen molar-refractivity contribution in [2.45, 2.75) is 58.1 Å². The molecule has 3 heteroatoms. The molecule has 0 aromatic carbocycles. The maximum Gasteiger partial charge on any atom is 0.0596 e. The van der Waals surface area contributed by atoms with E-state index in [9.17, 15) is 5.11 Å². The van der Waals surface area contributed by atoms with Crippen LogP contribution in [-0.2, 0) is 0 Å². The highest BCUT2D eigenvalue weighted by Gasteiger charge is 2.26. The summed E-state index contributed by atoms with van der Waals surface area (Å²) < 4.78 is 2.14. The van der Waals surface area contributed by atoms with Crippen LogP contribution in [0, 0.1) is 6.92 Å². The second-order valence-corrected chi connectivity index (χ2v) is 4.93. The van der Waals surface area contributed by atoms with Gasteiger partial charge in [-0.25, -0.2) is 0 Å². The minimum absolute atomic E-state index is 0.125. The van der Waals surface area contributed by atoms with Gasteiger partial charge < -0.3 is 5.11 Å². The lowest BCUT2D eigenvalue weighted by Gasteiger charge is -2.16. The van der Waals surface area contributed by atoms with Gasteiger partial charge in [0.15, 0.2) is 0 Å². The fraction of sp³-hybridized carbons (Fsp3) is 0.750. The Morgan fingerprint density at radius 3 is 2.73 bits per heavy atom. The van der Waals surface area contributed by atoms with E-state index in [1.54, 1.807) is 0 Å². The molecular formula is C12H20N2O. The normalized spacial score (nSPS) is 26.5. The second kappa shape index (κ2) is 3.97. The average molecular weight is 208 g/mol. The van der Waals surface area contributed by atoms with Crippen LogP contribution in [0.3, 0.4) is 0 Å². The molecule has 1 N–H and O–H groups in total. The maximum atomic E-state index is 9.56. The largest absolute Gasteiger partial charge is 0.393 e. The molecule has 0 aliphatic heterocycles. The van der Waals surface area contributed by atoms with Crippen LogP contribution in [0.2, 0.25) is 0 Å². The molecule has 0 bridgehead atoms. The third-order valence-electron chi connectivity index (χ3n) is 3.20. The summed E-state index contributed by atoms with van der Waals surface area (Å²) in [5.41, 5.74) is 2.38. The second-order valence-electron chi connectivity index (χ2n) is 4.93. The van der Waals surface area contributed by atoms with E-state index in [2.05, 4.69) is 29.7 Å². The van der Waals surface area contributed by atoms with E-state index < -0.39 is 0 Å². The van der Waals surface area contributed by atoms with Crippen LogP contribution < -0.4 is 0 Å². The van der Waals surface area contributed by atoms with E-state index in [1.807, 2.05) is 6.92 Å². The van der Waals surface area contributed by atoms with Crippen LogP contribution in [0.25, 0.3) is 0 Å². The van der Waals surface area contributed by atoms with Gasteiger partial charge >= 0.3 is 0 Å². The lowest BCUT2D eigenvalue weighted by Crippen LogP contribution is -2.13. The predicted octanol–water partition coefficient (Wildman–Crippen LogP) is 2.40. The average Bonchev–Trinajstić information content (AvgIpc) is 2.71. The maximum absolute atomic E-state index is 9.56. The first-order valence-electron chi connectivity index (χ1n) is 5.82. The lowest BCUT2D eigenvalue weighted by atomic mass is 10.1. The number of aliphatic hydroxyl groups excluding tert-OH is 1. The predicted molar refractivity (Wildman–Crippen MR) is 59.9 cm³/mol. The number of aliphatic hydroxyl groups is 1. The monoisotopic (exact) mass is 208 g/mol. The van der Waals surface area contributed by atoms with Crippen molar-refractivity contribution < 1.29 is 5.11 Å². The first-order chi connectivity index (χ1) is 7.08. The molecule has 0 amide bonds. The van der Waals surface area contributed by atoms with Crippen LogP contribution >= 0.6 is 0 Å². The molecule has 1 aromatic rings. The van der Waals surface area contributed by atoms with Gasteiger partial charge in [0.2, 0.25) is 0 Å². The van der Waals surface area contributed by atoms with E-state index >= 15 is 0 Å². The zero-order chi connectivity index (χ0) is 11.0. The Morgan fingerprint density at radius 1 is 1.47 bits per heavy atom. The molecule has 1 heterocycles. The molecule has 1 aromatic heterocycles. The molecule has 1 saturated carbocycles. The van der Waals surface area contributed by atoms with Crippen molar-refractivity contribution in [3.8, 4) is 0 Å². The Labute approximate surface area is 91.1 Å². The molecule has 2 unspecified atom stereocenters. The zero-order valence-electron chi connectivity index (χ0n) is 9.77. The summed E-state index contributed by atoms with van der Waals surface area (Å²) in [7, 11) is 0. The van der Waals surface area contributed by atoms with Crippen LogP contribution in [0.15, 0.2) is 6.07 Å². The fourth-order valence-corrected chi connectivity index (χ4v) is 2.42. The SMILES string of the molecule is Cc1cc(C(C)C)n(C2CCC(O)C2)n1. The van der Waals surface area contributed by atoms with Gasteiger partial charge in [0.1, 0.15) is 0 Å². The number of nitrogens with zero attached hydrogens (tertiary/aromatic N) is 2. The fourth-order valence-electron chi connectivity index (χ4n) is 2.42. The number of hydrogen-bond donors (Lipinski definition) is 1. The Bertz CT molecular complexity index is 343. The lowest BCUT2D eigenvalue weighted by molar-refractivity contribution is 0.176. The topological polar surface area (TPSA) is 38.0 Å². The quantitative estimate of drug-likeness (QED) is 0.810. The molecule has 3 nitrogen and oxygen atoms in total. The highest BCUT2D eigenvalue weighted by atomic mass is 16.3. The molecule has 0 spiro atoms. The van der Waals surface area contributed by atoms with Gasteiger partial charge in [-0.1, -0.05) is 13.8 Å². The third-order valence-corrected chi connectivity index (χ3v) is 3.20. The summed E-state index contributed by atoms with van der Waals surface area (Å²) in [6, 6.07) is 2.57. The van der Waals surface area contributed by atoms with E-state index in [1.165, 1.54) is 5.69 Å². The van der Waals surface area contributed by atoms with Crippen molar-refractivity contribution >= 4 is 0 Å². The highest BCUT2D eigenvalue weighted by molar-refractivity contribution is 5.13. The van der Waals surface area contributed by atoms with Gasteiger partial charge in [-0.2, -0.15) is 5.10 Å². The molecule has 1 aliphatic rings. The molecule has 1 fully saturated rings. The Kier molecular flexibility index (Phi) is 2.83. The van der Waals surface area contributed by atoms with E-state index in [4.69, 9.17) is 0 Å². The van der Waals surface area contributed by atoms with Crippen LogP contribution in [0.1, 0.15) is 56.5 Å². The number of rotatable bonds is 2. The van der Waals surface area contributed by atoms with Gasteiger partial charge in [0.25, 0.3) is 0 Å². The number of aryl methyl sites for hydroxylation is 1. The Hall–Kier alpha value is -0.830. The number of aromatic nitrogens is 2. The molecular weight excluding hydrogens is 188 g/mol. The van der Waals surface area contributed by atoms with Gasteiger partial charge in [-0.15, -0.1) is 0 Å². The molecule has 1 aliphatic carbocycles. The summed E-state index contributed by atoms with van der Waals surface area (Å²) in [4.78, 5) is 0. The first-order valence-corrected chi connectivity index (χ1v) is 5.82. The number of hydrogen-bond acceptors (Lipinski definition) is 2. The Balaban J connectivity index is 2.26. The molecule has 0 radical (unpaired) electrons. The highest BCUT2D eigenvalue weighted by Crippen LogP contribution is 2.32. The third kappa shape index (κ3) is 2.07. The van der Waals surface area contributed by atoms with Gasteiger partial charge in [-0.05, 0) is 38.2 Å². The van der Waals surface area contributed by atoms with Crippen LogP contribution in [-0.4, -0.2) is 21.0 Å². The van der Waals surface area contributed by atoms with Crippen molar-refractivity contribution in [1.82, 2.24) is 9.78 Å². The van der Waals surface area contributed by atoms with E-state index in [0.717, 1.165) is 25.0 Å². The molecule has 15 heavy (non-hydrogen) atoms. The smallest absolute Gasteiger partial charge is 0.0596 e. The molecule has 2 rings (SSSR count). The van der Waals surface area contributed by atoms with Crippen LogP contribution in [0.5, 0.6) is 0 Å². The van der Waals surface area contributed by atoms with Crippen molar-refractivity contribution in [3.05, 3.63) is 17.5 Å². The van der Waals surface area contributed by atoms with E-state index in [0.29, 0.717) is 12.0 Å². The van der Waals surface area contributed by atoms with Crippen molar-refractivity contribution in [3.63, 3.8) is 0 Å². The van der Waals surface area contributed by atoms with Crippen LogP contribution in [0.4, 0.5) is 0 Å². The summed E-state index contributed by atoms with van der Waals surface area (Å²) in [6.07, 6.45) is 2.71. The molecule has 0 saturated heterocycles. The minimum Gasteiger partial charge on any atom is -0.393 e. The minimum atomic E-state index is -0.125. The summed E-state index contributed by atoms with van der Waals surface area (Å²) in [6.45, 7) is 6.42. The first kappa shape index (κ1) is 10.7. The standard InChI is InChI=1S/C12H20N2O/c1-8(2)12-6-9(3)13-14(12)10-4-5-11(15)7-10/h6,8,10-11,15H,4-5,7H2,1-3H3. The van der Waals surface area contributed by atoms with E-state index in [-0.39, 0.29) is 6.10 Å². The van der Waals surface area contributed by atoms with Crippen molar-refractivity contribution in [2.75, 3.05) is 0 Å². The van der Waals surface area contributed by atoms with Gasteiger partial charge in [-0.3, -0.25) is 4.68 Å². The van der Waals surface area contributed by atoms with Gasteiger partial charge in [0, 0.05) is 5.69 Å².